The Morgan fingerprint density at radius 2 is 1.63 bits per heavy atom. The van der Waals surface area contributed by atoms with E-state index in [1.165, 1.54) is 30.3 Å². The number of hydrogen-bond donors (Lipinski definition) is 4. The van der Waals surface area contributed by atoms with Gasteiger partial charge in [-0.05, 0) is 47.5 Å². The van der Waals surface area contributed by atoms with E-state index in [0.717, 1.165) is 16.5 Å². The molecular weight excluding hydrogens is 449 g/mol. The number of para-hydroxylation sites is 1. The van der Waals surface area contributed by atoms with Gasteiger partial charge in [-0.1, -0.05) is 48.5 Å². The second-order valence-corrected chi connectivity index (χ2v) is 7.86. The Kier molecular flexibility index (Phi) is 7.02. The topological polar surface area (TPSA) is 111 Å². The zero-order valence-electron chi connectivity index (χ0n) is 18.5. The van der Waals surface area contributed by atoms with E-state index < -0.39 is 29.6 Å². The molecule has 0 aliphatic carbocycles. The third kappa shape index (κ3) is 5.80. The summed E-state index contributed by atoms with van der Waals surface area (Å²) >= 11 is 0. The van der Waals surface area contributed by atoms with Crippen LogP contribution in [0.5, 0.6) is 0 Å². The van der Waals surface area contributed by atoms with Crippen molar-refractivity contribution in [2.24, 2.45) is 0 Å². The zero-order chi connectivity index (χ0) is 24.8. The number of nitrogens with one attached hydrogen (secondary N) is 3. The minimum Gasteiger partial charge on any atom is -0.480 e. The van der Waals surface area contributed by atoms with Crippen molar-refractivity contribution in [3.05, 3.63) is 113 Å². The molecule has 0 spiro atoms. The number of carbonyl (C=O) groups excluding carboxylic acids is 2. The van der Waals surface area contributed by atoms with Crippen LogP contribution in [0.2, 0.25) is 0 Å². The molecule has 0 aliphatic rings. The molecule has 1 atom stereocenters. The lowest BCUT2D eigenvalue weighted by molar-refractivity contribution is -0.141. The van der Waals surface area contributed by atoms with Crippen molar-refractivity contribution in [3.63, 3.8) is 0 Å². The van der Waals surface area contributed by atoms with E-state index in [1.807, 2.05) is 24.3 Å². The molecule has 4 N–H and O–H groups in total. The maximum absolute atomic E-state index is 13.3. The molecular formula is C27H22FN3O4. The molecule has 35 heavy (non-hydrogen) atoms. The lowest BCUT2D eigenvalue weighted by Crippen LogP contribution is -2.45. The van der Waals surface area contributed by atoms with Gasteiger partial charge < -0.3 is 20.7 Å². The second-order valence-electron chi connectivity index (χ2n) is 7.86. The Balaban J connectivity index is 1.59. The number of halogens is 1. The average Bonchev–Trinajstić information content (AvgIpc) is 3.27. The van der Waals surface area contributed by atoms with Gasteiger partial charge >= 0.3 is 5.97 Å². The molecule has 4 rings (SSSR count). The van der Waals surface area contributed by atoms with Gasteiger partial charge in [0, 0.05) is 29.1 Å². The monoisotopic (exact) mass is 471 g/mol. The van der Waals surface area contributed by atoms with E-state index in [0.29, 0.717) is 11.1 Å². The molecule has 0 saturated carbocycles. The quantitative estimate of drug-likeness (QED) is 0.292. The summed E-state index contributed by atoms with van der Waals surface area (Å²) in [5, 5.41) is 15.7. The van der Waals surface area contributed by atoms with E-state index in [1.54, 1.807) is 36.5 Å². The van der Waals surface area contributed by atoms with Crippen molar-refractivity contribution >= 4 is 34.8 Å². The van der Waals surface area contributed by atoms with Crippen LogP contribution in [0, 0.1) is 5.82 Å². The van der Waals surface area contributed by atoms with Crippen molar-refractivity contribution in [1.82, 2.24) is 15.6 Å². The number of carboxylic acid groups (broad SMARTS) is 1. The van der Waals surface area contributed by atoms with Gasteiger partial charge in [0.15, 0.2) is 0 Å². The van der Waals surface area contributed by atoms with Crippen LogP contribution < -0.4 is 10.6 Å². The number of carbonyl (C=O) groups is 3. The van der Waals surface area contributed by atoms with Crippen LogP contribution in [0.15, 0.2) is 90.8 Å². The second kappa shape index (κ2) is 10.5. The van der Waals surface area contributed by atoms with E-state index in [2.05, 4.69) is 15.6 Å². The van der Waals surface area contributed by atoms with Crippen molar-refractivity contribution in [2.45, 2.75) is 12.5 Å². The van der Waals surface area contributed by atoms with Crippen molar-refractivity contribution in [3.8, 4) is 0 Å². The normalized spacial score (nSPS) is 12.2. The summed E-state index contributed by atoms with van der Waals surface area (Å²) in [5.41, 5.74) is 2.18. The molecule has 0 fully saturated rings. The molecule has 2 amide bonds. The third-order valence-electron chi connectivity index (χ3n) is 5.41. The molecule has 1 aromatic heterocycles. The van der Waals surface area contributed by atoms with Crippen LogP contribution in [-0.2, 0) is 16.0 Å². The lowest BCUT2D eigenvalue weighted by atomic mass is 10.0. The Labute approximate surface area is 200 Å². The number of H-pyrrole nitrogens is 1. The number of aliphatic carboxylic acids is 1. The molecule has 0 aliphatic heterocycles. The standard InChI is InChI=1S/C27H22FN3O4/c28-20-12-10-17(11-13-20)14-23(30-25(32)18-6-2-1-3-7-18)26(33)31-24(27(34)35)15-19-16-29-22-9-5-4-8-21(19)22/h1-14,16,24,29H,15H2,(H,30,32)(H,31,33)(H,34,35)/b23-14-/t24-/m0/s1. The minimum atomic E-state index is -1.26. The van der Waals surface area contributed by atoms with Gasteiger partial charge in [-0.15, -0.1) is 0 Å². The number of carboxylic acids is 1. The molecule has 3 aromatic carbocycles. The first-order valence-electron chi connectivity index (χ1n) is 10.8. The first-order chi connectivity index (χ1) is 16.9. The Bertz CT molecular complexity index is 1390. The third-order valence-corrected chi connectivity index (χ3v) is 5.41. The summed E-state index contributed by atoms with van der Waals surface area (Å²) in [7, 11) is 0. The number of hydrogen-bond acceptors (Lipinski definition) is 3. The molecule has 0 radical (unpaired) electrons. The predicted octanol–water partition coefficient (Wildman–Crippen LogP) is 3.89. The number of aromatic nitrogens is 1. The molecule has 0 bridgehead atoms. The highest BCUT2D eigenvalue weighted by Gasteiger charge is 2.24. The summed E-state index contributed by atoms with van der Waals surface area (Å²) in [6, 6.07) is 19.8. The van der Waals surface area contributed by atoms with E-state index in [-0.39, 0.29) is 12.1 Å². The highest BCUT2D eigenvalue weighted by Crippen LogP contribution is 2.19. The van der Waals surface area contributed by atoms with Crippen molar-refractivity contribution in [1.29, 1.82) is 0 Å². The van der Waals surface area contributed by atoms with Gasteiger partial charge in [-0.25, -0.2) is 9.18 Å². The summed E-state index contributed by atoms with van der Waals surface area (Å²) in [4.78, 5) is 40.9. The van der Waals surface area contributed by atoms with E-state index >= 15 is 0 Å². The van der Waals surface area contributed by atoms with Gasteiger partial charge in [0.05, 0.1) is 0 Å². The van der Waals surface area contributed by atoms with Crippen molar-refractivity contribution in [2.75, 3.05) is 0 Å². The first-order valence-corrected chi connectivity index (χ1v) is 10.8. The number of benzene rings is 3. The molecule has 0 saturated heterocycles. The highest BCUT2D eigenvalue weighted by molar-refractivity contribution is 6.06. The van der Waals surface area contributed by atoms with E-state index in [4.69, 9.17) is 0 Å². The van der Waals surface area contributed by atoms with Gasteiger partial charge in [-0.2, -0.15) is 0 Å². The maximum Gasteiger partial charge on any atom is 0.326 e. The van der Waals surface area contributed by atoms with E-state index in [9.17, 15) is 23.9 Å². The zero-order valence-corrected chi connectivity index (χ0v) is 18.5. The van der Waals surface area contributed by atoms with Crippen LogP contribution >= 0.6 is 0 Å². The molecule has 0 unspecified atom stereocenters. The maximum atomic E-state index is 13.3. The van der Waals surface area contributed by atoms with Crippen molar-refractivity contribution < 1.29 is 23.9 Å². The molecule has 8 heteroatoms. The predicted molar refractivity (Wildman–Crippen MR) is 130 cm³/mol. The average molecular weight is 471 g/mol. The molecule has 7 nitrogen and oxygen atoms in total. The summed E-state index contributed by atoms with van der Waals surface area (Å²) in [6.45, 7) is 0. The van der Waals surface area contributed by atoms with Gasteiger partial charge in [0.1, 0.15) is 17.6 Å². The number of amides is 2. The summed E-state index contributed by atoms with van der Waals surface area (Å²) in [6.07, 6.45) is 3.10. The number of aromatic amines is 1. The first kappa shape index (κ1) is 23.4. The number of rotatable bonds is 8. The fraction of sp³-hybridized carbons (Fsp3) is 0.0741. The largest absolute Gasteiger partial charge is 0.480 e. The van der Waals surface area contributed by atoms with Crippen LogP contribution in [0.25, 0.3) is 17.0 Å². The van der Waals surface area contributed by atoms with Gasteiger partial charge in [-0.3, -0.25) is 9.59 Å². The molecule has 1 heterocycles. The summed E-state index contributed by atoms with van der Waals surface area (Å²) < 4.78 is 13.3. The fourth-order valence-corrected chi connectivity index (χ4v) is 3.62. The van der Waals surface area contributed by atoms with Crippen LogP contribution in [-0.4, -0.2) is 33.9 Å². The minimum absolute atomic E-state index is 0.0293. The fourth-order valence-electron chi connectivity index (χ4n) is 3.62. The molecule has 4 aromatic rings. The Morgan fingerprint density at radius 1 is 0.943 bits per heavy atom. The number of fused-ring (bicyclic) bond motifs is 1. The summed E-state index contributed by atoms with van der Waals surface area (Å²) in [5.74, 6) is -3.01. The van der Waals surface area contributed by atoms with Gasteiger partial charge in [0.25, 0.3) is 11.8 Å². The lowest BCUT2D eigenvalue weighted by Gasteiger charge is -2.17. The van der Waals surface area contributed by atoms with Crippen LogP contribution in [0.4, 0.5) is 4.39 Å². The van der Waals surface area contributed by atoms with Crippen LogP contribution in [0.1, 0.15) is 21.5 Å². The van der Waals surface area contributed by atoms with Gasteiger partial charge in [0.2, 0.25) is 0 Å². The smallest absolute Gasteiger partial charge is 0.326 e. The SMILES string of the molecule is O=C(N[C@@H](Cc1c[nH]c2ccccc12)C(=O)O)/C(=C/c1ccc(F)cc1)NC(=O)c1ccccc1. The Morgan fingerprint density at radius 3 is 2.34 bits per heavy atom. The van der Waals surface area contributed by atoms with Crippen LogP contribution in [0.3, 0.4) is 0 Å². The Hall–Kier alpha value is -4.72. The highest BCUT2D eigenvalue weighted by atomic mass is 19.1. The molecule has 176 valence electrons.